The van der Waals surface area contributed by atoms with Gasteiger partial charge in [0.25, 0.3) is 5.91 Å². The molecule has 0 aliphatic heterocycles. The fraction of sp³-hybridized carbons (Fsp3) is 0.381. The van der Waals surface area contributed by atoms with Crippen molar-refractivity contribution in [3.8, 4) is 5.75 Å². The average Bonchev–Trinajstić information content (AvgIpc) is 2.60. The van der Waals surface area contributed by atoms with Gasteiger partial charge in [0.2, 0.25) is 0 Å². The first-order valence-electron chi connectivity index (χ1n) is 8.77. The molecular formula is C21H26FNO2. The summed E-state index contributed by atoms with van der Waals surface area (Å²) in [5, 5.41) is 3.07. The molecule has 134 valence electrons. The molecule has 2 unspecified atom stereocenters. The van der Waals surface area contributed by atoms with E-state index in [0.29, 0.717) is 12.3 Å². The number of carbonyl (C=O) groups is 1. The molecule has 2 rings (SSSR count). The van der Waals surface area contributed by atoms with Crippen molar-refractivity contribution in [2.75, 3.05) is 0 Å². The minimum atomic E-state index is -0.727. The first kappa shape index (κ1) is 19.0. The van der Waals surface area contributed by atoms with Crippen molar-refractivity contribution in [2.24, 2.45) is 5.92 Å². The summed E-state index contributed by atoms with van der Waals surface area (Å²) >= 11 is 0. The van der Waals surface area contributed by atoms with Crippen molar-refractivity contribution in [3.63, 3.8) is 0 Å². The first-order chi connectivity index (χ1) is 12.0. The van der Waals surface area contributed by atoms with Gasteiger partial charge >= 0.3 is 0 Å². The second kappa shape index (κ2) is 9.21. The fourth-order valence-corrected chi connectivity index (χ4v) is 2.72. The van der Waals surface area contributed by atoms with Crippen molar-refractivity contribution in [2.45, 2.75) is 45.8 Å². The molecule has 0 aliphatic carbocycles. The fourth-order valence-electron chi connectivity index (χ4n) is 2.72. The highest BCUT2D eigenvalue weighted by Gasteiger charge is 2.24. The third-order valence-electron chi connectivity index (χ3n) is 3.99. The standard InChI is InChI=1S/C21H26FNO2/c1-4-19(25-20-13-9-8-12-17(20)22)21(24)23-18(14-15(2)3)16-10-6-5-7-11-16/h5-13,15,18-19H,4,14H2,1-3H3,(H,23,24). The Labute approximate surface area is 149 Å². The van der Waals surface area contributed by atoms with Crippen molar-refractivity contribution in [1.29, 1.82) is 0 Å². The van der Waals surface area contributed by atoms with Gasteiger partial charge in [-0.25, -0.2) is 4.39 Å². The van der Waals surface area contributed by atoms with Gasteiger partial charge in [0.1, 0.15) is 0 Å². The van der Waals surface area contributed by atoms with Gasteiger partial charge in [-0.15, -0.1) is 0 Å². The molecule has 0 radical (unpaired) electrons. The van der Waals surface area contributed by atoms with E-state index in [-0.39, 0.29) is 17.7 Å². The quantitative estimate of drug-likeness (QED) is 0.741. The van der Waals surface area contributed by atoms with Gasteiger partial charge in [0, 0.05) is 0 Å². The molecule has 4 heteroatoms. The largest absolute Gasteiger partial charge is 0.478 e. The maximum absolute atomic E-state index is 13.8. The van der Waals surface area contributed by atoms with E-state index in [2.05, 4.69) is 19.2 Å². The Kier molecular flexibility index (Phi) is 6.99. The summed E-state index contributed by atoms with van der Waals surface area (Å²) in [7, 11) is 0. The number of ether oxygens (including phenoxy) is 1. The molecule has 1 amide bonds. The second-order valence-electron chi connectivity index (χ2n) is 6.55. The minimum Gasteiger partial charge on any atom is -0.478 e. The predicted molar refractivity (Wildman–Crippen MR) is 97.9 cm³/mol. The number of hydrogen-bond donors (Lipinski definition) is 1. The van der Waals surface area contributed by atoms with Crippen LogP contribution in [0.4, 0.5) is 4.39 Å². The SMILES string of the molecule is CCC(Oc1ccccc1F)C(=O)NC(CC(C)C)c1ccccc1. The maximum Gasteiger partial charge on any atom is 0.261 e. The Morgan fingerprint density at radius 1 is 1.08 bits per heavy atom. The highest BCUT2D eigenvalue weighted by atomic mass is 19.1. The van der Waals surface area contributed by atoms with Crippen LogP contribution in [-0.2, 0) is 4.79 Å². The Balaban J connectivity index is 2.11. The Morgan fingerprint density at radius 2 is 1.72 bits per heavy atom. The van der Waals surface area contributed by atoms with Crippen LogP contribution in [-0.4, -0.2) is 12.0 Å². The number of para-hydroxylation sites is 1. The van der Waals surface area contributed by atoms with Crippen molar-refractivity contribution < 1.29 is 13.9 Å². The average molecular weight is 343 g/mol. The Hall–Kier alpha value is -2.36. The number of carbonyl (C=O) groups excluding carboxylic acids is 1. The van der Waals surface area contributed by atoms with Gasteiger partial charge in [-0.1, -0.05) is 63.2 Å². The van der Waals surface area contributed by atoms with Crippen LogP contribution in [0.25, 0.3) is 0 Å². The Bertz CT molecular complexity index is 673. The summed E-state index contributed by atoms with van der Waals surface area (Å²) in [6.45, 7) is 6.09. The van der Waals surface area contributed by atoms with Gasteiger partial charge in [0.15, 0.2) is 17.7 Å². The summed E-state index contributed by atoms with van der Waals surface area (Å²) in [5.41, 5.74) is 1.06. The lowest BCUT2D eigenvalue weighted by Gasteiger charge is -2.24. The molecule has 0 fully saturated rings. The summed E-state index contributed by atoms with van der Waals surface area (Å²) in [6.07, 6.45) is 0.560. The van der Waals surface area contributed by atoms with Gasteiger partial charge in [-0.3, -0.25) is 4.79 Å². The van der Waals surface area contributed by atoms with E-state index < -0.39 is 11.9 Å². The van der Waals surface area contributed by atoms with E-state index in [1.807, 2.05) is 37.3 Å². The second-order valence-corrected chi connectivity index (χ2v) is 6.55. The highest BCUT2D eigenvalue weighted by molar-refractivity contribution is 5.81. The maximum atomic E-state index is 13.8. The molecule has 0 bridgehead atoms. The number of benzene rings is 2. The summed E-state index contributed by atoms with van der Waals surface area (Å²) in [5.74, 6) is -0.154. The van der Waals surface area contributed by atoms with E-state index in [0.717, 1.165) is 12.0 Å². The first-order valence-corrected chi connectivity index (χ1v) is 8.77. The van der Waals surface area contributed by atoms with E-state index >= 15 is 0 Å². The molecule has 0 saturated carbocycles. The van der Waals surface area contributed by atoms with Crippen molar-refractivity contribution >= 4 is 5.91 Å². The van der Waals surface area contributed by atoms with Crippen LogP contribution in [0.3, 0.4) is 0 Å². The van der Waals surface area contributed by atoms with E-state index in [1.165, 1.54) is 12.1 Å². The van der Waals surface area contributed by atoms with Gasteiger partial charge < -0.3 is 10.1 Å². The molecule has 1 N–H and O–H groups in total. The molecule has 0 spiro atoms. The molecular weight excluding hydrogens is 317 g/mol. The molecule has 2 aromatic carbocycles. The number of rotatable bonds is 8. The lowest BCUT2D eigenvalue weighted by Crippen LogP contribution is -2.40. The Morgan fingerprint density at radius 3 is 2.32 bits per heavy atom. The zero-order valence-corrected chi connectivity index (χ0v) is 15.0. The third-order valence-corrected chi connectivity index (χ3v) is 3.99. The number of nitrogens with one attached hydrogen (secondary N) is 1. The summed E-state index contributed by atoms with van der Waals surface area (Å²) in [6, 6.07) is 15.9. The number of halogens is 1. The monoisotopic (exact) mass is 343 g/mol. The molecule has 0 saturated heterocycles. The predicted octanol–water partition coefficient (Wildman–Crippen LogP) is 4.89. The molecule has 0 heterocycles. The molecule has 0 aromatic heterocycles. The molecule has 3 nitrogen and oxygen atoms in total. The summed E-state index contributed by atoms with van der Waals surface area (Å²) < 4.78 is 19.4. The molecule has 2 aromatic rings. The van der Waals surface area contributed by atoms with E-state index in [9.17, 15) is 9.18 Å². The molecule has 25 heavy (non-hydrogen) atoms. The van der Waals surface area contributed by atoms with Crippen LogP contribution in [0.1, 0.15) is 45.2 Å². The molecule has 2 atom stereocenters. The van der Waals surface area contributed by atoms with Crippen LogP contribution in [0, 0.1) is 11.7 Å². The zero-order chi connectivity index (χ0) is 18.2. The molecule has 0 aliphatic rings. The lowest BCUT2D eigenvalue weighted by atomic mass is 9.96. The van der Waals surface area contributed by atoms with E-state index in [4.69, 9.17) is 4.74 Å². The zero-order valence-electron chi connectivity index (χ0n) is 15.0. The lowest BCUT2D eigenvalue weighted by molar-refractivity contribution is -0.129. The van der Waals surface area contributed by atoms with Crippen LogP contribution in [0.2, 0.25) is 0 Å². The van der Waals surface area contributed by atoms with Crippen LogP contribution >= 0.6 is 0 Å². The smallest absolute Gasteiger partial charge is 0.261 e. The van der Waals surface area contributed by atoms with Crippen molar-refractivity contribution in [3.05, 3.63) is 66.0 Å². The summed E-state index contributed by atoms with van der Waals surface area (Å²) in [4.78, 5) is 12.7. The van der Waals surface area contributed by atoms with Crippen LogP contribution in [0.5, 0.6) is 5.75 Å². The van der Waals surface area contributed by atoms with Crippen molar-refractivity contribution in [1.82, 2.24) is 5.32 Å². The minimum absolute atomic E-state index is 0.0908. The van der Waals surface area contributed by atoms with E-state index in [1.54, 1.807) is 12.1 Å². The normalized spacial score (nSPS) is 13.3. The van der Waals surface area contributed by atoms with Gasteiger partial charge in [-0.2, -0.15) is 0 Å². The van der Waals surface area contributed by atoms with Crippen LogP contribution in [0.15, 0.2) is 54.6 Å². The number of hydrogen-bond acceptors (Lipinski definition) is 2. The highest BCUT2D eigenvalue weighted by Crippen LogP contribution is 2.23. The topological polar surface area (TPSA) is 38.3 Å². The van der Waals surface area contributed by atoms with Gasteiger partial charge in [0.05, 0.1) is 6.04 Å². The van der Waals surface area contributed by atoms with Gasteiger partial charge in [-0.05, 0) is 36.5 Å². The van der Waals surface area contributed by atoms with Crippen LogP contribution < -0.4 is 10.1 Å². The number of amides is 1. The third kappa shape index (κ3) is 5.59.